The van der Waals surface area contributed by atoms with Gasteiger partial charge in [0, 0.05) is 30.7 Å². The fourth-order valence-electron chi connectivity index (χ4n) is 2.82. The zero-order valence-electron chi connectivity index (χ0n) is 11.7. The van der Waals surface area contributed by atoms with E-state index in [-0.39, 0.29) is 0 Å². The number of ether oxygens (including phenoxy) is 1. The van der Waals surface area contributed by atoms with Gasteiger partial charge in [-0.1, -0.05) is 0 Å². The Kier molecular flexibility index (Phi) is 6.84. The maximum atomic E-state index is 5.54. The van der Waals surface area contributed by atoms with Gasteiger partial charge < -0.3 is 15.0 Å². The Hall–Kier alpha value is 0.230. The van der Waals surface area contributed by atoms with E-state index in [9.17, 15) is 0 Å². The van der Waals surface area contributed by atoms with Gasteiger partial charge >= 0.3 is 0 Å². The van der Waals surface area contributed by atoms with Crippen molar-refractivity contribution in [3.8, 4) is 0 Å². The van der Waals surface area contributed by atoms with Crippen LogP contribution in [0.1, 0.15) is 25.7 Å². The lowest BCUT2D eigenvalue weighted by molar-refractivity contribution is 0.0428. The lowest BCUT2D eigenvalue weighted by Gasteiger charge is -2.28. The average Bonchev–Trinajstić information content (AvgIpc) is 2.41. The summed E-state index contributed by atoms with van der Waals surface area (Å²) >= 11 is 2.17. The molecule has 0 aromatic carbocycles. The van der Waals surface area contributed by atoms with E-state index in [2.05, 4.69) is 29.0 Å². The van der Waals surface area contributed by atoms with Crippen LogP contribution >= 0.6 is 11.8 Å². The molecule has 106 valence electrons. The van der Waals surface area contributed by atoms with Crippen LogP contribution in [0.25, 0.3) is 0 Å². The number of hydrogen-bond donors (Lipinski definition) is 1. The molecule has 0 aliphatic carbocycles. The highest BCUT2D eigenvalue weighted by Crippen LogP contribution is 2.20. The molecule has 2 fully saturated rings. The van der Waals surface area contributed by atoms with E-state index >= 15 is 0 Å². The second-order valence-electron chi connectivity index (χ2n) is 5.67. The Morgan fingerprint density at radius 2 is 2.11 bits per heavy atom. The molecule has 0 aromatic heterocycles. The zero-order valence-corrected chi connectivity index (χ0v) is 12.5. The van der Waals surface area contributed by atoms with Crippen molar-refractivity contribution in [3.63, 3.8) is 0 Å². The number of rotatable bonds is 6. The van der Waals surface area contributed by atoms with Gasteiger partial charge in [-0.15, -0.1) is 0 Å². The predicted molar refractivity (Wildman–Crippen MR) is 79.4 cm³/mol. The van der Waals surface area contributed by atoms with E-state index < -0.39 is 0 Å². The maximum Gasteiger partial charge on any atom is 0.0506 e. The Balaban J connectivity index is 1.52. The maximum absolute atomic E-state index is 5.54. The van der Waals surface area contributed by atoms with E-state index in [1.54, 1.807) is 0 Å². The normalized spacial score (nSPS) is 26.7. The van der Waals surface area contributed by atoms with Gasteiger partial charge in [0.15, 0.2) is 0 Å². The molecule has 4 heteroatoms. The fourth-order valence-corrected chi connectivity index (χ4v) is 4.14. The summed E-state index contributed by atoms with van der Waals surface area (Å²) in [4.78, 5) is 2.49. The number of nitrogens with zero attached hydrogens (tertiary/aromatic N) is 1. The minimum absolute atomic E-state index is 0.771. The molecule has 2 heterocycles. The van der Waals surface area contributed by atoms with Gasteiger partial charge in [0.2, 0.25) is 0 Å². The summed E-state index contributed by atoms with van der Waals surface area (Å²) < 4.78 is 5.54. The standard InChI is InChI=1S/C14H28N2OS/c1-16(11-13-3-2-9-17-12-13)8-10-18-14-4-6-15-7-5-14/h13-15H,2-12H2,1H3. The molecule has 0 radical (unpaired) electrons. The summed E-state index contributed by atoms with van der Waals surface area (Å²) in [5, 5.41) is 4.33. The molecule has 0 bridgehead atoms. The molecule has 1 N–H and O–H groups in total. The van der Waals surface area contributed by atoms with Gasteiger partial charge in [0.05, 0.1) is 6.61 Å². The summed E-state index contributed by atoms with van der Waals surface area (Å²) in [5.41, 5.74) is 0. The first kappa shape index (κ1) is 14.6. The van der Waals surface area contributed by atoms with Crippen molar-refractivity contribution in [2.75, 3.05) is 52.2 Å². The van der Waals surface area contributed by atoms with Crippen LogP contribution in [0.5, 0.6) is 0 Å². The van der Waals surface area contributed by atoms with Crippen LogP contribution in [0, 0.1) is 5.92 Å². The van der Waals surface area contributed by atoms with E-state index in [4.69, 9.17) is 4.74 Å². The number of piperidine rings is 1. The summed E-state index contributed by atoms with van der Waals surface area (Å²) in [6, 6.07) is 0. The van der Waals surface area contributed by atoms with Gasteiger partial charge in [0.25, 0.3) is 0 Å². The Morgan fingerprint density at radius 3 is 2.83 bits per heavy atom. The van der Waals surface area contributed by atoms with Crippen LogP contribution in [-0.4, -0.2) is 62.3 Å². The van der Waals surface area contributed by atoms with E-state index in [1.807, 2.05) is 0 Å². The highest BCUT2D eigenvalue weighted by atomic mass is 32.2. The second-order valence-corrected chi connectivity index (χ2v) is 7.07. The lowest BCUT2D eigenvalue weighted by atomic mass is 10.0. The van der Waals surface area contributed by atoms with Crippen LogP contribution in [0.2, 0.25) is 0 Å². The molecule has 1 atom stereocenters. The molecular formula is C14H28N2OS. The molecule has 2 saturated heterocycles. The molecule has 0 spiro atoms. The van der Waals surface area contributed by atoms with Crippen LogP contribution in [0.4, 0.5) is 0 Å². The zero-order chi connectivity index (χ0) is 12.6. The number of nitrogens with one attached hydrogen (secondary N) is 1. The quantitative estimate of drug-likeness (QED) is 0.797. The molecule has 3 nitrogen and oxygen atoms in total. The van der Waals surface area contributed by atoms with E-state index in [0.717, 1.165) is 24.4 Å². The minimum Gasteiger partial charge on any atom is -0.381 e. The van der Waals surface area contributed by atoms with Gasteiger partial charge in [-0.3, -0.25) is 0 Å². The highest BCUT2D eigenvalue weighted by molar-refractivity contribution is 7.99. The smallest absolute Gasteiger partial charge is 0.0506 e. The van der Waals surface area contributed by atoms with Crippen molar-refractivity contribution in [1.29, 1.82) is 0 Å². The summed E-state index contributed by atoms with van der Waals surface area (Å²) in [6.45, 7) is 6.83. The average molecular weight is 272 g/mol. The predicted octanol–water partition coefficient (Wildman–Crippen LogP) is 1.83. The highest BCUT2D eigenvalue weighted by Gasteiger charge is 2.16. The van der Waals surface area contributed by atoms with Crippen molar-refractivity contribution in [1.82, 2.24) is 10.2 Å². The molecule has 18 heavy (non-hydrogen) atoms. The molecule has 2 aliphatic heterocycles. The minimum atomic E-state index is 0.771. The van der Waals surface area contributed by atoms with E-state index in [1.165, 1.54) is 57.6 Å². The number of thioether (sulfide) groups is 1. The van der Waals surface area contributed by atoms with Gasteiger partial charge in [0.1, 0.15) is 0 Å². The van der Waals surface area contributed by atoms with Gasteiger partial charge in [-0.25, -0.2) is 0 Å². The molecule has 0 amide bonds. The van der Waals surface area contributed by atoms with Crippen molar-refractivity contribution in [2.24, 2.45) is 5.92 Å². The van der Waals surface area contributed by atoms with Crippen LogP contribution in [0.3, 0.4) is 0 Å². The number of hydrogen-bond acceptors (Lipinski definition) is 4. The Bertz CT molecular complexity index is 216. The van der Waals surface area contributed by atoms with Crippen LogP contribution < -0.4 is 5.32 Å². The molecule has 0 saturated carbocycles. The van der Waals surface area contributed by atoms with E-state index in [0.29, 0.717) is 0 Å². The Labute approximate surface area is 116 Å². The molecular weight excluding hydrogens is 244 g/mol. The third-order valence-corrected chi connectivity index (χ3v) is 5.30. The first-order valence-corrected chi connectivity index (χ1v) is 8.48. The molecule has 0 aromatic rings. The third kappa shape index (κ3) is 5.47. The van der Waals surface area contributed by atoms with Crippen molar-refractivity contribution < 1.29 is 4.74 Å². The van der Waals surface area contributed by atoms with Crippen molar-refractivity contribution in [3.05, 3.63) is 0 Å². The van der Waals surface area contributed by atoms with Crippen molar-refractivity contribution in [2.45, 2.75) is 30.9 Å². The molecule has 1 unspecified atom stereocenters. The SMILES string of the molecule is CN(CCSC1CCNCC1)CC1CCCOC1. The summed E-state index contributed by atoms with van der Waals surface area (Å²) in [5.74, 6) is 2.06. The van der Waals surface area contributed by atoms with Crippen LogP contribution in [0.15, 0.2) is 0 Å². The Morgan fingerprint density at radius 1 is 1.28 bits per heavy atom. The second kappa shape index (κ2) is 8.41. The topological polar surface area (TPSA) is 24.5 Å². The van der Waals surface area contributed by atoms with Gasteiger partial charge in [-0.05, 0) is 51.7 Å². The molecule has 2 aliphatic rings. The first-order valence-electron chi connectivity index (χ1n) is 7.43. The lowest BCUT2D eigenvalue weighted by Crippen LogP contribution is -2.33. The fraction of sp³-hybridized carbons (Fsp3) is 1.00. The van der Waals surface area contributed by atoms with Crippen molar-refractivity contribution >= 4 is 11.8 Å². The van der Waals surface area contributed by atoms with Crippen LogP contribution in [-0.2, 0) is 4.74 Å². The largest absolute Gasteiger partial charge is 0.381 e. The first-order chi connectivity index (χ1) is 8.84. The monoisotopic (exact) mass is 272 g/mol. The summed E-state index contributed by atoms with van der Waals surface area (Å²) in [7, 11) is 2.26. The third-order valence-electron chi connectivity index (χ3n) is 3.94. The van der Waals surface area contributed by atoms with Gasteiger partial charge in [-0.2, -0.15) is 11.8 Å². The molecule has 2 rings (SSSR count). The summed E-state index contributed by atoms with van der Waals surface area (Å²) in [6.07, 6.45) is 5.31.